The van der Waals surface area contributed by atoms with Crippen molar-refractivity contribution in [2.75, 3.05) is 33.3 Å². The summed E-state index contributed by atoms with van der Waals surface area (Å²) in [6.07, 6.45) is 4.89. The zero-order chi connectivity index (χ0) is 21.7. The molecule has 3 amide bonds. The van der Waals surface area contributed by atoms with Gasteiger partial charge in [-0.15, -0.1) is 0 Å². The molecule has 0 spiro atoms. The Morgan fingerprint density at radius 3 is 2.27 bits per heavy atom. The van der Waals surface area contributed by atoms with E-state index in [-0.39, 0.29) is 22.6 Å². The molecule has 0 saturated carbocycles. The second kappa shape index (κ2) is 9.65. The van der Waals surface area contributed by atoms with Crippen LogP contribution in [-0.2, 0) is 10.0 Å². The van der Waals surface area contributed by atoms with Crippen molar-refractivity contribution >= 4 is 22.0 Å². The number of benzene rings is 1. The molecule has 2 heterocycles. The van der Waals surface area contributed by atoms with Gasteiger partial charge in [-0.25, -0.2) is 13.2 Å². The fourth-order valence-electron chi connectivity index (χ4n) is 4.04. The van der Waals surface area contributed by atoms with Crippen molar-refractivity contribution in [1.82, 2.24) is 14.5 Å². The predicted octanol–water partition coefficient (Wildman–Crippen LogP) is 1.53. The summed E-state index contributed by atoms with van der Waals surface area (Å²) in [4.78, 5) is 25.7. The van der Waals surface area contributed by atoms with Crippen molar-refractivity contribution in [3.05, 3.63) is 23.8 Å². The van der Waals surface area contributed by atoms with Crippen LogP contribution in [0.2, 0.25) is 0 Å². The van der Waals surface area contributed by atoms with Crippen LogP contribution >= 0.6 is 0 Å². The van der Waals surface area contributed by atoms with Gasteiger partial charge < -0.3 is 20.7 Å². The Kier molecular flexibility index (Phi) is 7.19. The molecule has 1 aromatic rings. The van der Waals surface area contributed by atoms with E-state index in [4.69, 9.17) is 10.5 Å². The average Bonchev–Trinajstić information content (AvgIpc) is 3.03. The number of primary amides is 1. The van der Waals surface area contributed by atoms with Crippen LogP contribution in [0.25, 0.3) is 0 Å². The first-order chi connectivity index (χ1) is 14.3. The number of hydrogen-bond donors (Lipinski definition) is 2. The fourth-order valence-corrected chi connectivity index (χ4v) is 5.74. The van der Waals surface area contributed by atoms with Crippen LogP contribution in [-0.4, -0.2) is 68.9 Å². The number of amides is 3. The Morgan fingerprint density at radius 2 is 1.70 bits per heavy atom. The van der Waals surface area contributed by atoms with E-state index in [1.807, 2.05) is 0 Å². The normalized spacial score (nSPS) is 19.2. The molecule has 2 saturated heterocycles. The molecule has 9 nitrogen and oxygen atoms in total. The van der Waals surface area contributed by atoms with Gasteiger partial charge in [0.25, 0.3) is 5.91 Å². The van der Waals surface area contributed by atoms with Crippen LogP contribution in [0.5, 0.6) is 5.75 Å². The predicted molar refractivity (Wildman–Crippen MR) is 112 cm³/mol. The minimum Gasteiger partial charge on any atom is -0.495 e. The topological polar surface area (TPSA) is 122 Å². The van der Waals surface area contributed by atoms with Gasteiger partial charge in [-0.3, -0.25) is 4.79 Å². The van der Waals surface area contributed by atoms with Gasteiger partial charge in [0, 0.05) is 37.8 Å². The van der Waals surface area contributed by atoms with E-state index in [9.17, 15) is 18.0 Å². The van der Waals surface area contributed by atoms with Gasteiger partial charge in [0.2, 0.25) is 10.0 Å². The van der Waals surface area contributed by atoms with Crippen molar-refractivity contribution < 1.29 is 22.7 Å². The maximum absolute atomic E-state index is 13.3. The van der Waals surface area contributed by atoms with E-state index in [0.29, 0.717) is 44.6 Å². The number of piperidine rings is 1. The summed E-state index contributed by atoms with van der Waals surface area (Å²) < 4.78 is 33.4. The van der Waals surface area contributed by atoms with Crippen LogP contribution < -0.4 is 15.8 Å². The molecule has 0 unspecified atom stereocenters. The SMILES string of the molecule is COc1ccc(C(=O)N2CCC(NC(N)=O)CC2)cc1S(=O)(=O)N1CCCCCC1. The third-order valence-corrected chi connectivity index (χ3v) is 7.64. The number of rotatable bonds is 5. The summed E-state index contributed by atoms with van der Waals surface area (Å²) in [5, 5.41) is 2.67. The standard InChI is InChI=1S/C20H30N4O5S/c1-29-17-7-6-15(19(25)23-12-8-16(9-13-23)22-20(21)26)14-18(17)30(27,28)24-10-4-2-3-5-11-24/h6-7,14,16H,2-5,8-13H2,1H3,(H3,21,22,26). The van der Waals surface area contributed by atoms with Gasteiger partial charge in [-0.2, -0.15) is 4.31 Å². The number of urea groups is 1. The number of nitrogens with one attached hydrogen (secondary N) is 1. The maximum atomic E-state index is 13.3. The van der Waals surface area contributed by atoms with Gasteiger partial charge in [-0.05, 0) is 43.9 Å². The van der Waals surface area contributed by atoms with Gasteiger partial charge in [-0.1, -0.05) is 12.8 Å². The Labute approximate surface area is 177 Å². The number of likely N-dealkylation sites (tertiary alicyclic amines) is 1. The molecular weight excluding hydrogens is 408 g/mol. The summed E-state index contributed by atoms with van der Waals surface area (Å²) >= 11 is 0. The lowest BCUT2D eigenvalue weighted by molar-refractivity contribution is 0.0708. The minimum atomic E-state index is -3.76. The van der Waals surface area contributed by atoms with Crippen molar-refractivity contribution in [3.63, 3.8) is 0 Å². The van der Waals surface area contributed by atoms with Crippen molar-refractivity contribution in [2.45, 2.75) is 49.5 Å². The molecule has 0 aromatic heterocycles. The van der Waals surface area contributed by atoms with E-state index in [2.05, 4.69) is 5.32 Å². The second-order valence-electron chi connectivity index (χ2n) is 7.76. The highest BCUT2D eigenvalue weighted by Gasteiger charge is 2.30. The molecule has 10 heteroatoms. The average molecular weight is 439 g/mol. The number of nitrogens with zero attached hydrogens (tertiary/aromatic N) is 2. The van der Waals surface area contributed by atoms with Crippen LogP contribution in [0.1, 0.15) is 48.9 Å². The molecule has 0 aliphatic carbocycles. The molecule has 0 bridgehead atoms. The number of ether oxygens (including phenoxy) is 1. The molecule has 2 fully saturated rings. The summed E-state index contributed by atoms with van der Waals surface area (Å²) in [6.45, 7) is 1.88. The van der Waals surface area contributed by atoms with Crippen LogP contribution in [0.4, 0.5) is 4.79 Å². The third-order valence-electron chi connectivity index (χ3n) is 5.72. The van der Waals surface area contributed by atoms with E-state index >= 15 is 0 Å². The van der Waals surface area contributed by atoms with E-state index < -0.39 is 16.1 Å². The lowest BCUT2D eigenvalue weighted by atomic mass is 10.0. The van der Waals surface area contributed by atoms with Crippen molar-refractivity contribution in [1.29, 1.82) is 0 Å². The van der Waals surface area contributed by atoms with Crippen LogP contribution in [0.15, 0.2) is 23.1 Å². The number of carbonyl (C=O) groups excluding carboxylic acids is 2. The Balaban J connectivity index is 1.80. The number of carbonyl (C=O) groups is 2. The van der Waals surface area contributed by atoms with Crippen molar-refractivity contribution in [3.8, 4) is 5.75 Å². The number of nitrogens with two attached hydrogens (primary N) is 1. The highest BCUT2D eigenvalue weighted by molar-refractivity contribution is 7.89. The molecule has 0 radical (unpaired) electrons. The molecule has 1 aromatic carbocycles. The minimum absolute atomic E-state index is 0.0306. The monoisotopic (exact) mass is 438 g/mol. The molecule has 2 aliphatic heterocycles. The maximum Gasteiger partial charge on any atom is 0.312 e. The van der Waals surface area contributed by atoms with Crippen molar-refractivity contribution in [2.24, 2.45) is 5.73 Å². The fraction of sp³-hybridized carbons (Fsp3) is 0.600. The van der Waals surface area contributed by atoms with Crippen LogP contribution in [0, 0.1) is 0 Å². The van der Waals surface area contributed by atoms with E-state index in [1.165, 1.54) is 17.5 Å². The van der Waals surface area contributed by atoms with Gasteiger partial charge in [0.05, 0.1) is 7.11 Å². The zero-order valence-electron chi connectivity index (χ0n) is 17.3. The Morgan fingerprint density at radius 1 is 1.07 bits per heavy atom. The molecule has 2 aliphatic rings. The first-order valence-electron chi connectivity index (χ1n) is 10.4. The molecule has 3 rings (SSSR count). The van der Waals surface area contributed by atoms with Gasteiger partial charge >= 0.3 is 6.03 Å². The Hall–Kier alpha value is -2.33. The highest BCUT2D eigenvalue weighted by atomic mass is 32.2. The first-order valence-corrected chi connectivity index (χ1v) is 11.8. The van der Waals surface area contributed by atoms with E-state index in [1.54, 1.807) is 17.0 Å². The second-order valence-corrected chi connectivity index (χ2v) is 9.67. The number of hydrogen-bond acceptors (Lipinski definition) is 5. The Bertz CT molecular complexity index is 873. The molecule has 0 atom stereocenters. The highest BCUT2D eigenvalue weighted by Crippen LogP contribution is 2.30. The van der Waals surface area contributed by atoms with Gasteiger partial charge in [0.1, 0.15) is 10.6 Å². The largest absolute Gasteiger partial charge is 0.495 e. The lowest BCUT2D eigenvalue weighted by Gasteiger charge is -2.32. The summed E-state index contributed by atoms with van der Waals surface area (Å²) in [5.41, 5.74) is 5.47. The van der Waals surface area contributed by atoms with Gasteiger partial charge in [0.15, 0.2) is 0 Å². The third kappa shape index (κ3) is 5.04. The molecular formula is C20H30N4O5S. The molecule has 30 heavy (non-hydrogen) atoms. The smallest absolute Gasteiger partial charge is 0.312 e. The summed E-state index contributed by atoms with van der Waals surface area (Å²) in [6, 6.07) is 3.94. The zero-order valence-corrected chi connectivity index (χ0v) is 18.1. The van der Waals surface area contributed by atoms with E-state index in [0.717, 1.165) is 25.7 Å². The number of methoxy groups -OCH3 is 1. The first kappa shape index (κ1) is 22.4. The quantitative estimate of drug-likeness (QED) is 0.722. The summed E-state index contributed by atoms with van der Waals surface area (Å²) in [7, 11) is -2.34. The van der Waals surface area contributed by atoms with Crippen LogP contribution in [0.3, 0.4) is 0 Å². The lowest BCUT2D eigenvalue weighted by Crippen LogP contribution is -2.47. The summed E-state index contributed by atoms with van der Waals surface area (Å²) in [5.74, 6) is 0.00246. The molecule has 166 valence electrons. The molecule has 3 N–H and O–H groups in total. The number of sulfonamides is 1.